The van der Waals surface area contributed by atoms with E-state index in [2.05, 4.69) is 19.0 Å². The maximum absolute atomic E-state index is 12.2. The molecule has 0 radical (unpaired) electrons. The monoisotopic (exact) mass is 290 g/mol. The second-order valence-electron chi connectivity index (χ2n) is 5.84. The van der Waals surface area contributed by atoms with Gasteiger partial charge in [0.15, 0.2) is 0 Å². The molecular formula is C17H26N2O2. The molecule has 1 fully saturated rings. The van der Waals surface area contributed by atoms with Gasteiger partial charge in [0.25, 0.3) is 0 Å². The Morgan fingerprint density at radius 2 is 2.00 bits per heavy atom. The van der Waals surface area contributed by atoms with Crippen molar-refractivity contribution in [1.82, 2.24) is 9.80 Å². The molecule has 1 aliphatic heterocycles. The molecule has 0 aliphatic carbocycles. The number of carbonyl (C=O) groups excluding carboxylic acids is 1. The highest BCUT2D eigenvalue weighted by molar-refractivity contribution is 5.76. The molecule has 2 rings (SSSR count). The lowest BCUT2D eigenvalue weighted by atomic mass is 10.1. The Morgan fingerprint density at radius 1 is 1.24 bits per heavy atom. The van der Waals surface area contributed by atoms with Gasteiger partial charge < -0.3 is 14.5 Å². The molecule has 1 aromatic rings. The van der Waals surface area contributed by atoms with Crippen LogP contribution in [0.1, 0.15) is 25.7 Å². The van der Waals surface area contributed by atoms with Crippen LogP contribution in [0.2, 0.25) is 0 Å². The number of ether oxygens (including phenoxy) is 1. The molecule has 0 aromatic heterocycles. The van der Waals surface area contributed by atoms with Gasteiger partial charge in [-0.05, 0) is 45.5 Å². The first-order chi connectivity index (χ1) is 10.2. The van der Waals surface area contributed by atoms with Crippen LogP contribution in [0.25, 0.3) is 0 Å². The third-order valence-corrected chi connectivity index (χ3v) is 4.11. The number of hydrogen-bond donors (Lipinski definition) is 0. The van der Waals surface area contributed by atoms with Crippen molar-refractivity contribution in [3.8, 4) is 5.75 Å². The molecule has 1 aliphatic rings. The summed E-state index contributed by atoms with van der Waals surface area (Å²) in [6, 6.07) is 10.3. The summed E-state index contributed by atoms with van der Waals surface area (Å²) in [6.07, 6.45) is 3.80. The average molecular weight is 290 g/mol. The van der Waals surface area contributed by atoms with Gasteiger partial charge in [-0.25, -0.2) is 0 Å². The quantitative estimate of drug-likeness (QED) is 0.835. The van der Waals surface area contributed by atoms with Crippen LogP contribution in [0.4, 0.5) is 0 Å². The lowest BCUT2D eigenvalue weighted by Gasteiger charge is -2.23. The molecule has 0 saturated carbocycles. The van der Waals surface area contributed by atoms with Crippen molar-refractivity contribution in [2.24, 2.45) is 0 Å². The minimum atomic E-state index is 0.213. The Morgan fingerprint density at radius 3 is 2.71 bits per heavy atom. The zero-order valence-corrected chi connectivity index (χ0v) is 13.1. The van der Waals surface area contributed by atoms with Crippen molar-refractivity contribution in [2.45, 2.75) is 31.7 Å². The predicted molar refractivity (Wildman–Crippen MR) is 84.5 cm³/mol. The molecule has 1 heterocycles. The van der Waals surface area contributed by atoms with Gasteiger partial charge in [-0.3, -0.25) is 4.79 Å². The van der Waals surface area contributed by atoms with Crippen molar-refractivity contribution in [3.63, 3.8) is 0 Å². The van der Waals surface area contributed by atoms with Gasteiger partial charge in [-0.1, -0.05) is 18.2 Å². The summed E-state index contributed by atoms with van der Waals surface area (Å²) in [5, 5.41) is 0. The molecule has 1 aromatic carbocycles. The first-order valence-corrected chi connectivity index (χ1v) is 7.79. The third kappa shape index (κ3) is 5.05. The molecule has 1 saturated heterocycles. The smallest absolute Gasteiger partial charge is 0.225 e. The number of amides is 1. The molecule has 0 spiro atoms. The summed E-state index contributed by atoms with van der Waals surface area (Å²) in [5.41, 5.74) is 0. The van der Waals surface area contributed by atoms with Crippen LogP contribution in [-0.4, -0.2) is 55.5 Å². The van der Waals surface area contributed by atoms with E-state index in [-0.39, 0.29) is 5.91 Å². The summed E-state index contributed by atoms with van der Waals surface area (Å²) in [5.74, 6) is 1.04. The van der Waals surface area contributed by atoms with Gasteiger partial charge in [-0.15, -0.1) is 0 Å². The molecule has 1 atom stereocenters. The Bertz CT molecular complexity index is 434. The first-order valence-electron chi connectivity index (χ1n) is 7.79. The lowest BCUT2D eigenvalue weighted by Crippen LogP contribution is -2.34. The number of nitrogens with zero attached hydrogens (tertiary/aromatic N) is 2. The predicted octanol–water partition coefficient (Wildman–Crippen LogP) is 2.40. The number of para-hydroxylation sites is 1. The number of hydrogen-bond acceptors (Lipinski definition) is 3. The maximum Gasteiger partial charge on any atom is 0.225 e. The van der Waals surface area contributed by atoms with Crippen LogP contribution < -0.4 is 4.74 Å². The van der Waals surface area contributed by atoms with Gasteiger partial charge in [0.05, 0.1) is 13.0 Å². The third-order valence-electron chi connectivity index (χ3n) is 4.11. The summed E-state index contributed by atoms with van der Waals surface area (Å²) in [7, 11) is 4.24. The number of rotatable bonds is 5. The minimum Gasteiger partial charge on any atom is -0.493 e. The van der Waals surface area contributed by atoms with Crippen LogP contribution in [0, 0.1) is 0 Å². The SMILES string of the molecule is CN(C)[C@H]1CCCN(C(=O)CCOc2ccccc2)CC1. The van der Waals surface area contributed by atoms with E-state index in [1.165, 1.54) is 6.42 Å². The van der Waals surface area contributed by atoms with Crippen LogP contribution >= 0.6 is 0 Å². The summed E-state index contributed by atoms with van der Waals surface area (Å²) in [4.78, 5) is 16.5. The molecule has 4 heteroatoms. The molecule has 116 valence electrons. The zero-order chi connectivity index (χ0) is 15.1. The van der Waals surface area contributed by atoms with Gasteiger partial charge in [0.2, 0.25) is 5.91 Å². The van der Waals surface area contributed by atoms with E-state index in [0.717, 1.165) is 31.7 Å². The fourth-order valence-corrected chi connectivity index (χ4v) is 2.78. The molecule has 21 heavy (non-hydrogen) atoms. The van der Waals surface area contributed by atoms with E-state index >= 15 is 0 Å². The second kappa shape index (κ2) is 8.03. The lowest BCUT2D eigenvalue weighted by molar-refractivity contribution is -0.131. The van der Waals surface area contributed by atoms with Crippen LogP contribution in [0.5, 0.6) is 5.75 Å². The summed E-state index contributed by atoms with van der Waals surface area (Å²) < 4.78 is 5.60. The topological polar surface area (TPSA) is 32.8 Å². The van der Waals surface area contributed by atoms with Crippen LogP contribution in [0.15, 0.2) is 30.3 Å². The molecule has 0 unspecified atom stereocenters. The Labute approximate surface area is 127 Å². The van der Waals surface area contributed by atoms with Crippen LogP contribution in [-0.2, 0) is 4.79 Å². The summed E-state index contributed by atoms with van der Waals surface area (Å²) in [6.45, 7) is 2.21. The standard InChI is InChI=1S/C17H26N2O2/c1-18(2)15-7-6-12-19(13-10-15)17(20)11-14-21-16-8-4-3-5-9-16/h3-5,8-9,15H,6-7,10-14H2,1-2H3/t15-/m0/s1. The van der Waals surface area contributed by atoms with Gasteiger partial charge in [-0.2, -0.15) is 0 Å². The van der Waals surface area contributed by atoms with E-state index in [1.807, 2.05) is 35.2 Å². The molecular weight excluding hydrogens is 264 g/mol. The fourth-order valence-electron chi connectivity index (χ4n) is 2.78. The van der Waals surface area contributed by atoms with Crippen molar-refractivity contribution >= 4 is 5.91 Å². The second-order valence-corrected chi connectivity index (χ2v) is 5.84. The van der Waals surface area contributed by atoms with Crippen molar-refractivity contribution in [2.75, 3.05) is 33.8 Å². The highest BCUT2D eigenvalue weighted by Crippen LogP contribution is 2.15. The minimum absolute atomic E-state index is 0.213. The van der Waals surface area contributed by atoms with Crippen LogP contribution in [0.3, 0.4) is 0 Å². The van der Waals surface area contributed by atoms with E-state index in [9.17, 15) is 4.79 Å². The number of likely N-dealkylation sites (tertiary alicyclic amines) is 1. The fraction of sp³-hybridized carbons (Fsp3) is 0.588. The van der Waals surface area contributed by atoms with E-state index in [4.69, 9.17) is 4.74 Å². The zero-order valence-electron chi connectivity index (χ0n) is 13.1. The van der Waals surface area contributed by atoms with Crippen molar-refractivity contribution in [3.05, 3.63) is 30.3 Å². The number of benzene rings is 1. The largest absolute Gasteiger partial charge is 0.493 e. The Kier molecular flexibility index (Phi) is 6.05. The highest BCUT2D eigenvalue weighted by atomic mass is 16.5. The summed E-state index contributed by atoms with van der Waals surface area (Å²) >= 11 is 0. The van der Waals surface area contributed by atoms with Gasteiger partial charge >= 0.3 is 0 Å². The number of carbonyl (C=O) groups is 1. The average Bonchev–Trinajstić information content (AvgIpc) is 2.74. The van der Waals surface area contributed by atoms with Crippen molar-refractivity contribution < 1.29 is 9.53 Å². The van der Waals surface area contributed by atoms with Crippen molar-refractivity contribution in [1.29, 1.82) is 0 Å². The first kappa shape index (κ1) is 15.8. The van der Waals surface area contributed by atoms with E-state index in [0.29, 0.717) is 19.1 Å². The van der Waals surface area contributed by atoms with Gasteiger partial charge in [0, 0.05) is 19.1 Å². The Balaban J connectivity index is 1.73. The highest BCUT2D eigenvalue weighted by Gasteiger charge is 2.21. The van der Waals surface area contributed by atoms with E-state index in [1.54, 1.807) is 0 Å². The molecule has 4 nitrogen and oxygen atoms in total. The molecule has 0 N–H and O–H groups in total. The van der Waals surface area contributed by atoms with E-state index < -0.39 is 0 Å². The molecule has 1 amide bonds. The normalized spacial score (nSPS) is 19.4. The molecule has 0 bridgehead atoms. The maximum atomic E-state index is 12.2. The Hall–Kier alpha value is -1.55. The van der Waals surface area contributed by atoms with Gasteiger partial charge in [0.1, 0.15) is 5.75 Å².